The molecule has 0 spiro atoms. The third-order valence-electron chi connectivity index (χ3n) is 11.3. The number of aromatic nitrogens is 2. The molecule has 0 radical (unpaired) electrons. The topological polar surface area (TPSA) is 38.7 Å². The summed E-state index contributed by atoms with van der Waals surface area (Å²) >= 11 is 0. The van der Waals surface area contributed by atoms with Crippen molar-refractivity contribution in [2.24, 2.45) is 0 Å². The third kappa shape index (κ3) is 7.08. The third-order valence-corrected chi connectivity index (χ3v) is 11.3. The Hall–Kier alpha value is -4.98. The minimum Gasteiger partial charge on any atom is -0.287 e. The molecule has 6 nitrogen and oxygen atoms in total. The fraction of sp³-hybridized carbons (Fsp3) is 0.261. The van der Waals surface area contributed by atoms with Crippen molar-refractivity contribution >= 4 is 0 Å². The molecule has 4 aromatic carbocycles. The van der Waals surface area contributed by atoms with Gasteiger partial charge in [0.05, 0.1) is 22.8 Å². The summed E-state index contributed by atoms with van der Waals surface area (Å²) in [5.41, 5.74) is 9.90. The molecule has 0 N–H and O–H groups in total. The van der Waals surface area contributed by atoms with Gasteiger partial charge in [0.25, 0.3) is 0 Å². The van der Waals surface area contributed by atoms with E-state index in [2.05, 4.69) is 177 Å². The molecule has 2 fully saturated rings. The van der Waals surface area contributed by atoms with Crippen molar-refractivity contribution in [3.63, 3.8) is 0 Å². The Kier molecular flexibility index (Phi) is 9.45. The van der Waals surface area contributed by atoms with Crippen molar-refractivity contribution in [3.05, 3.63) is 203 Å². The Morgan fingerprint density at radius 2 is 0.519 bits per heavy atom. The normalized spacial score (nSPS) is 27.4. The molecule has 0 saturated carbocycles. The van der Waals surface area contributed by atoms with Crippen LogP contribution in [0.4, 0.5) is 0 Å². The number of rotatable bonds is 4. The average molecular weight is 683 g/mol. The van der Waals surface area contributed by atoms with E-state index >= 15 is 0 Å². The van der Waals surface area contributed by atoms with Gasteiger partial charge in [-0.1, -0.05) is 133 Å². The van der Waals surface area contributed by atoms with Crippen LogP contribution in [0.15, 0.2) is 158 Å². The van der Waals surface area contributed by atoms with Crippen LogP contribution in [0.3, 0.4) is 0 Å². The van der Waals surface area contributed by atoms with Gasteiger partial charge in [0.15, 0.2) is 0 Å². The Morgan fingerprint density at radius 1 is 0.288 bits per heavy atom. The molecule has 8 heterocycles. The maximum atomic E-state index is 5.42. The summed E-state index contributed by atoms with van der Waals surface area (Å²) in [4.78, 5) is 21.5. The fourth-order valence-corrected chi connectivity index (χ4v) is 8.77. The highest BCUT2D eigenvalue weighted by Gasteiger charge is 2.38. The van der Waals surface area contributed by atoms with Gasteiger partial charge in [-0.2, -0.15) is 0 Å². The van der Waals surface area contributed by atoms with Crippen LogP contribution in [0.5, 0.6) is 0 Å². The van der Waals surface area contributed by atoms with Gasteiger partial charge < -0.3 is 0 Å². The largest absolute Gasteiger partial charge is 0.287 e. The molecule has 6 heteroatoms. The lowest BCUT2D eigenvalue weighted by Gasteiger charge is -2.47. The van der Waals surface area contributed by atoms with Crippen molar-refractivity contribution in [2.45, 2.75) is 50.3 Å². The Labute approximate surface area is 308 Å². The Bertz CT molecular complexity index is 1770. The number of hydrogen-bond donors (Lipinski definition) is 0. The molecule has 6 aliphatic heterocycles. The standard InChI is InChI=1S/C46H46N6/c1-5-15-35(16-6-1)43-31-50-28-40-24-14-26-42(48-40)30-52-34-45(37-19-9-3-10-20-37)51(33-46(52)38-21-11-4-12-22-38)29-41-25-13-23-39(47-41)27-49(43)32-44(50)36-17-7-2-8-18-36/h1-26,43-46H,27-34H2/t43-,44-,45-,46-/m0/s1. The highest BCUT2D eigenvalue weighted by atomic mass is 15.3. The molecule has 260 valence electrons. The van der Waals surface area contributed by atoms with Crippen LogP contribution in [0, 0.1) is 0 Å². The highest BCUT2D eigenvalue weighted by molar-refractivity contribution is 5.28. The molecule has 8 atom stereocenters. The van der Waals surface area contributed by atoms with Crippen LogP contribution < -0.4 is 0 Å². The number of nitrogens with zero attached hydrogens (tertiary/aromatic N) is 6. The molecule has 12 rings (SSSR count). The summed E-state index contributed by atoms with van der Waals surface area (Å²) in [5, 5.41) is 0. The van der Waals surface area contributed by atoms with Crippen LogP contribution >= 0.6 is 0 Å². The molecule has 0 aliphatic carbocycles. The molecule has 0 amide bonds. The summed E-state index contributed by atoms with van der Waals surface area (Å²) < 4.78 is 0. The molecule has 2 saturated heterocycles. The first-order chi connectivity index (χ1) is 25.7. The fourth-order valence-electron chi connectivity index (χ4n) is 8.77. The summed E-state index contributed by atoms with van der Waals surface area (Å²) in [6.07, 6.45) is 0. The van der Waals surface area contributed by atoms with Crippen LogP contribution in [-0.2, 0) is 26.2 Å². The van der Waals surface area contributed by atoms with Gasteiger partial charge in [0.1, 0.15) is 0 Å². The van der Waals surface area contributed by atoms with E-state index in [1.165, 1.54) is 22.3 Å². The van der Waals surface area contributed by atoms with Crippen molar-refractivity contribution < 1.29 is 0 Å². The predicted octanol–water partition coefficient (Wildman–Crippen LogP) is 8.39. The van der Waals surface area contributed by atoms with Gasteiger partial charge in [-0.15, -0.1) is 0 Å². The van der Waals surface area contributed by atoms with E-state index < -0.39 is 0 Å². The summed E-state index contributed by atoms with van der Waals surface area (Å²) in [6.45, 7) is 6.80. The highest BCUT2D eigenvalue weighted by Crippen LogP contribution is 2.39. The molecule has 4 unspecified atom stereocenters. The van der Waals surface area contributed by atoms with Gasteiger partial charge in [-0.25, -0.2) is 0 Å². The Morgan fingerprint density at radius 3 is 0.750 bits per heavy atom. The van der Waals surface area contributed by atoms with E-state index in [0.717, 1.165) is 75.1 Å². The lowest BCUT2D eigenvalue weighted by atomic mass is 9.94. The minimum absolute atomic E-state index is 0.230. The molecular formula is C46H46N6. The van der Waals surface area contributed by atoms with Crippen LogP contribution in [0.25, 0.3) is 0 Å². The quantitative estimate of drug-likeness (QED) is 0.186. The van der Waals surface area contributed by atoms with Gasteiger partial charge in [0, 0.05) is 76.5 Å². The maximum absolute atomic E-state index is 5.42. The first-order valence-corrected chi connectivity index (χ1v) is 18.8. The zero-order chi connectivity index (χ0) is 34.7. The predicted molar refractivity (Wildman–Crippen MR) is 207 cm³/mol. The second kappa shape index (κ2) is 14.9. The number of piperazine rings is 2. The van der Waals surface area contributed by atoms with E-state index in [4.69, 9.17) is 9.97 Å². The number of pyridine rings is 2. The monoisotopic (exact) mass is 682 g/mol. The van der Waals surface area contributed by atoms with E-state index in [0.29, 0.717) is 0 Å². The van der Waals surface area contributed by atoms with Crippen molar-refractivity contribution in [3.8, 4) is 0 Å². The number of hydrogen-bond acceptors (Lipinski definition) is 6. The zero-order valence-corrected chi connectivity index (χ0v) is 29.7. The molecule has 8 bridgehead atoms. The summed E-state index contributed by atoms with van der Waals surface area (Å²) in [7, 11) is 0. The summed E-state index contributed by atoms with van der Waals surface area (Å²) in [5.74, 6) is 0. The van der Waals surface area contributed by atoms with Crippen molar-refractivity contribution in [2.75, 3.05) is 26.2 Å². The second-order valence-electron chi connectivity index (χ2n) is 14.7. The van der Waals surface area contributed by atoms with Gasteiger partial charge >= 0.3 is 0 Å². The molecule has 6 aromatic rings. The summed E-state index contributed by atoms with van der Waals surface area (Å²) in [6, 6.07) is 58.5. The van der Waals surface area contributed by atoms with E-state index in [-0.39, 0.29) is 24.2 Å². The SMILES string of the molecule is c1ccc([C@@H]2CN3Cc4cccc(n4)CN4C[C@@H](c5ccccc5)N(Cc5cccc(n5)CN2C[C@H]3c2ccccc2)C[C@H]4c2ccccc2)cc1. The average Bonchev–Trinajstić information content (AvgIpc) is 3.20. The lowest BCUT2D eigenvalue weighted by Crippen LogP contribution is -2.50. The minimum atomic E-state index is 0.230. The zero-order valence-electron chi connectivity index (χ0n) is 29.7. The van der Waals surface area contributed by atoms with E-state index in [1.54, 1.807) is 0 Å². The first kappa shape index (κ1) is 32.9. The lowest BCUT2D eigenvalue weighted by molar-refractivity contribution is 0.0110. The van der Waals surface area contributed by atoms with Crippen molar-refractivity contribution in [1.82, 2.24) is 29.6 Å². The van der Waals surface area contributed by atoms with Crippen LogP contribution in [0.2, 0.25) is 0 Å². The van der Waals surface area contributed by atoms with Crippen molar-refractivity contribution in [1.29, 1.82) is 0 Å². The van der Waals surface area contributed by atoms with Crippen LogP contribution in [-0.4, -0.2) is 55.7 Å². The molecule has 2 aromatic heterocycles. The van der Waals surface area contributed by atoms with Gasteiger partial charge in [0.2, 0.25) is 0 Å². The van der Waals surface area contributed by atoms with Gasteiger partial charge in [-0.05, 0) is 46.5 Å². The second-order valence-corrected chi connectivity index (χ2v) is 14.7. The molecular weight excluding hydrogens is 637 g/mol. The van der Waals surface area contributed by atoms with Crippen LogP contribution in [0.1, 0.15) is 69.2 Å². The van der Waals surface area contributed by atoms with E-state index in [9.17, 15) is 0 Å². The van der Waals surface area contributed by atoms with Gasteiger partial charge in [-0.3, -0.25) is 29.6 Å². The smallest absolute Gasteiger partial charge is 0.0548 e. The molecule has 6 aliphatic rings. The van der Waals surface area contributed by atoms with E-state index in [1.807, 2.05) is 0 Å². The first-order valence-electron chi connectivity index (χ1n) is 18.8. The number of benzene rings is 4. The molecule has 52 heavy (non-hydrogen) atoms. The maximum Gasteiger partial charge on any atom is 0.0548 e. The Balaban J connectivity index is 1.16.